The average molecular weight is 621 g/mol. The molecule has 0 fully saturated rings. The number of ether oxygens (including phenoxy) is 2. The van der Waals surface area contributed by atoms with Crippen LogP contribution in [-0.2, 0) is 0 Å². The Labute approximate surface area is 261 Å². The molecule has 4 amide bonds. The number of aromatic carboxylic acids is 2. The highest BCUT2D eigenvalue weighted by Crippen LogP contribution is 2.32. The van der Waals surface area contributed by atoms with Gasteiger partial charge in [0.1, 0.15) is 11.5 Å². The number of carbonyl (C=O) groups excluding carboxylic acids is 4. The third-order valence-electron chi connectivity index (χ3n) is 7.53. The summed E-state index contributed by atoms with van der Waals surface area (Å²) in [4.78, 5) is 75.8. The number of carboxylic acid groups (broad SMARTS) is 2. The normalized spacial score (nSPS) is 13.6. The Hall–Kier alpha value is -6.30. The van der Waals surface area contributed by atoms with Crippen LogP contribution in [0.25, 0.3) is 0 Å². The van der Waals surface area contributed by atoms with Crippen LogP contribution in [0.1, 0.15) is 75.0 Å². The van der Waals surface area contributed by atoms with E-state index in [1.165, 1.54) is 36.4 Å². The molecule has 0 bridgehead atoms. The van der Waals surface area contributed by atoms with E-state index in [4.69, 9.17) is 9.47 Å². The number of fused-ring (bicyclic) bond motifs is 2. The fourth-order valence-electron chi connectivity index (χ4n) is 5.18. The van der Waals surface area contributed by atoms with Gasteiger partial charge in [-0.05, 0) is 97.8 Å². The second kappa shape index (κ2) is 12.0. The summed E-state index contributed by atoms with van der Waals surface area (Å²) < 4.78 is 11.5. The molecule has 6 rings (SSSR count). The molecule has 2 heterocycles. The molecule has 230 valence electrons. The first-order chi connectivity index (χ1) is 22.1. The topological polar surface area (TPSA) is 168 Å². The number of rotatable bonds is 11. The van der Waals surface area contributed by atoms with Gasteiger partial charge in [0.15, 0.2) is 0 Å². The Balaban J connectivity index is 0.958. The second-order valence-electron chi connectivity index (χ2n) is 10.4. The molecule has 0 spiro atoms. The summed E-state index contributed by atoms with van der Waals surface area (Å²) in [7, 11) is 0. The van der Waals surface area contributed by atoms with Gasteiger partial charge in [0, 0.05) is 0 Å². The second-order valence-corrected chi connectivity index (χ2v) is 10.4. The summed E-state index contributed by atoms with van der Waals surface area (Å²) in [6.07, 6.45) is 1.33. The van der Waals surface area contributed by atoms with Gasteiger partial charge in [0.25, 0.3) is 23.6 Å². The zero-order valence-corrected chi connectivity index (χ0v) is 24.0. The fourth-order valence-corrected chi connectivity index (χ4v) is 5.18. The monoisotopic (exact) mass is 620 g/mol. The average Bonchev–Trinajstić information content (AvgIpc) is 3.46. The van der Waals surface area contributed by atoms with Crippen molar-refractivity contribution in [1.29, 1.82) is 0 Å². The lowest BCUT2D eigenvalue weighted by Crippen LogP contribution is -2.29. The first kappa shape index (κ1) is 29.8. The maximum Gasteiger partial charge on any atom is 0.335 e. The van der Waals surface area contributed by atoms with E-state index >= 15 is 0 Å². The number of carbonyl (C=O) groups is 6. The number of benzene rings is 4. The first-order valence-corrected chi connectivity index (χ1v) is 14.1. The number of carboxylic acids is 2. The van der Waals surface area contributed by atoms with E-state index in [2.05, 4.69) is 0 Å². The van der Waals surface area contributed by atoms with E-state index in [1.807, 2.05) is 0 Å². The van der Waals surface area contributed by atoms with Gasteiger partial charge in [-0.15, -0.1) is 0 Å². The number of imide groups is 2. The molecular weight excluding hydrogens is 596 g/mol. The van der Waals surface area contributed by atoms with Crippen molar-refractivity contribution in [3.05, 3.63) is 118 Å². The van der Waals surface area contributed by atoms with Gasteiger partial charge in [0.05, 0.1) is 58.0 Å². The maximum absolute atomic E-state index is 12.8. The molecule has 46 heavy (non-hydrogen) atoms. The molecule has 0 aliphatic carbocycles. The van der Waals surface area contributed by atoms with Crippen LogP contribution in [0, 0.1) is 0 Å². The Bertz CT molecular complexity index is 1790. The van der Waals surface area contributed by atoms with E-state index in [1.54, 1.807) is 48.5 Å². The van der Waals surface area contributed by atoms with Gasteiger partial charge in [-0.3, -0.25) is 19.2 Å². The van der Waals surface area contributed by atoms with E-state index in [9.17, 15) is 39.0 Å². The number of hydrogen-bond acceptors (Lipinski definition) is 8. The van der Waals surface area contributed by atoms with Crippen molar-refractivity contribution in [3.8, 4) is 11.5 Å². The molecule has 0 saturated heterocycles. The van der Waals surface area contributed by atoms with E-state index in [-0.39, 0.29) is 33.4 Å². The smallest absolute Gasteiger partial charge is 0.335 e. The molecule has 0 saturated carbocycles. The van der Waals surface area contributed by atoms with Crippen LogP contribution in [0.4, 0.5) is 11.4 Å². The Morgan fingerprint density at radius 2 is 0.848 bits per heavy atom. The highest BCUT2D eigenvalue weighted by Gasteiger charge is 2.38. The zero-order chi connectivity index (χ0) is 32.5. The molecule has 2 N–H and O–H groups in total. The van der Waals surface area contributed by atoms with Crippen LogP contribution in [-0.4, -0.2) is 59.0 Å². The number of hydrogen-bond donors (Lipinski definition) is 2. The molecule has 2 aliphatic rings. The molecule has 2 aliphatic heterocycles. The molecule has 12 heteroatoms. The molecular formula is C34H24N2O10. The number of nitrogens with zero attached hydrogens (tertiary/aromatic N) is 2. The highest BCUT2D eigenvalue weighted by molar-refractivity contribution is 6.35. The minimum atomic E-state index is -1.19. The van der Waals surface area contributed by atoms with Gasteiger partial charge >= 0.3 is 11.9 Å². The molecule has 12 nitrogen and oxygen atoms in total. The molecule has 0 unspecified atom stereocenters. The lowest BCUT2D eigenvalue weighted by atomic mass is 10.1. The first-order valence-electron chi connectivity index (χ1n) is 14.1. The number of unbranched alkanes of at least 4 members (excludes halogenated alkanes) is 1. The van der Waals surface area contributed by atoms with Gasteiger partial charge in [-0.2, -0.15) is 0 Å². The van der Waals surface area contributed by atoms with Crippen LogP contribution in [0.3, 0.4) is 0 Å². The zero-order valence-electron chi connectivity index (χ0n) is 24.0. The van der Waals surface area contributed by atoms with Gasteiger partial charge in [-0.1, -0.05) is 0 Å². The van der Waals surface area contributed by atoms with E-state index in [0.29, 0.717) is 48.9 Å². The van der Waals surface area contributed by atoms with Gasteiger partial charge in [-0.25, -0.2) is 19.4 Å². The van der Waals surface area contributed by atoms with Crippen molar-refractivity contribution in [2.45, 2.75) is 12.8 Å². The predicted molar refractivity (Wildman–Crippen MR) is 162 cm³/mol. The van der Waals surface area contributed by atoms with Crippen LogP contribution in [0.15, 0.2) is 84.9 Å². The summed E-state index contributed by atoms with van der Waals surface area (Å²) in [6.45, 7) is 0.770. The van der Waals surface area contributed by atoms with E-state index in [0.717, 1.165) is 9.80 Å². The van der Waals surface area contributed by atoms with Crippen molar-refractivity contribution < 1.29 is 48.5 Å². The van der Waals surface area contributed by atoms with Crippen LogP contribution >= 0.6 is 0 Å². The van der Waals surface area contributed by atoms with Crippen molar-refractivity contribution in [2.75, 3.05) is 23.0 Å². The Morgan fingerprint density at radius 1 is 0.500 bits per heavy atom. The third-order valence-corrected chi connectivity index (χ3v) is 7.53. The van der Waals surface area contributed by atoms with Crippen molar-refractivity contribution in [3.63, 3.8) is 0 Å². The van der Waals surface area contributed by atoms with Crippen molar-refractivity contribution in [2.24, 2.45) is 0 Å². The summed E-state index contributed by atoms with van der Waals surface area (Å²) in [5.74, 6) is -3.54. The maximum atomic E-state index is 12.8. The van der Waals surface area contributed by atoms with Crippen molar-refractivity contribution >= 4 is 46.9 Å². The third kappa shape index (κ3) is 5.43. The van der Waals surface area contributed by atoms with Gasteiger partial charge < -0.3 is 19.7 Å². The Kier molecular flexibility index (Phi) is 7.76. The molecule has 4 aromatic rings. The fraction of sp³-hybridized carbons (Fsp3) is 0.118. The summed E-state index contributed by atoms with van der Waals surface area (Å²) in [5.41, 5.74) is 0.910. The van der Waals surface area contributed by atoms with Crippen LogP contribution in [0.2, 0.25) is 0 Å². The van der Waals surface area contributed by atoms with Crippen molar-refractivity contribution in [1.82, 2.24) is 0 Å². The largest absolute Gasteiger partial charge is 0.494 e. The molecule has 0 radical (unpaired) electrons. The molecule has 0 aromatic heterocycles. The standard InChI is InChI=1S/C34H24N2O10/c37-29-25-13-3-19(33(41)42)17-27(25)31(39)35(29)21-5-9-23(10-6-21)45-15-1-2-16-46-24-11-7-22(8-12-24)36-30(38)26-14-4-20(34(43)44)18-28(26)32(36)40/h3-14,17-18H,1-2,15-16H2,(H,41,42)(H,43,44). The SMILES string of the molecule is O=C(O)c1ccc2c(c1)C(=O)N(c1ccc(OCCCCOc3ccc(N4C(=O)c5ccc(C(=O)O)cc5C4=O)cc3)cc1)C2=O. The lowest BCUT2D eigenvalue weighted by molar-refractivity contribution is 0.0686. The van der Waals surface area contributed by atoms with Crippen LogP contribution in [0.5, 0.6) is 11.5 Å². The Morgan fingerprint density at radius 3 is 1.20 bits per heavy atom. The highest BCUT2D eigenvalue weighted by atomic mass is 16.5. The quantitative estimate of drug-likeness (QED) is 0.173. The summed E-state index contributed by atoms with van der Waals surface area (Å²) in [5, 5.41) is 18.4. The molecule has 0 atom stereocenters. The summed E-state index contributed by atoms with van der Waals surface area (Å²) in [6, 6.07) is 20.5. The summed E-state index contributed by atoms with van der Waals surface area (Å²) >= 11 is 0. The van der Waals surface area contributed by atoms with Gasteiger partial charge in [0.2, 0.25) is 0 Å². The minimum absolute atomic E-state index is 0.0452. The number of amides is 4. The number of anilines is 2. The lowest BCUT2D eigenvalue weighted by Gasteiger charge is -2.15. The minimum Gasteiger partial charge on any atom is -0.494 e. The molecule has 4 aromatic carbocycles. The van der Waals surface area contributed by atoms with Crippen LogP contribution < -0.4 is 19.3 Å². The predicted octanol–water partition coefficient (Wildman–Crippen LogP) is 4.92. The van der Waals surface area contributed by atoms with E-state index < -0.39 is 35.6 Å².